The maximum Gasteiger partial charge on any atom is 0.307 e. The van der Waals surface area contributed by atoms with Gasteiger partial charge in [-0.25, -0.2) is 0 Å². The molecule has 144 valence electrons. The second kappa shape index (κ2) is 8.95. The summed E-state index contributed by atoms with van der Waals surface area (Å²) in [5.41, 5.74) is 3.76. The molecule has 0 bridgehead atoms. The molecule has 5 nitrogen and oxygen atoms in total. The largest absolute Gasteiger partial charge is 0.453 e. The Labute approximate surface area is 163 Å². The first kappa shape index (κ1) is 20.8. The minimum Gasteiger partial charge on any atom is -0.453 e. The highest BCUT2D eigenvalue weighted by Gasteiger charge is 2.20. The van der Waals surface area contributed by atoms with E-state index in [1.165, 1.54) is 18.3 Å². The van der Waals surface area contributed by atoms with E-state index in [-0.39, 0.29) is 18.6 Å². The van der Waals surface area contributed by atoms with E-state index in [1.807, 2.05) is 45.9 Å². The van der Waals surface area contributed by atoms with E-state index in [4.69, 9.17) is 4.74 Å². The standard InChI is InChI=1S/C21H25NO4S/c1-12-10-13(2)20(14(3)11-12)22-21(25)16(5)26-19(24)9-7-17(23)18-8-6-15(4)27-18/h6,8,10-11,16H,7,9H2,1-5H3,(H,22,25)/t16-/m1/s1. The SMILES string of the molecule is Cc1cc(C)c(NC(=O)[C@@H](C)OC(=O)CCC(=O)c2ccc(C)s2)c(C)c1. The summed E-state index contributed by atoms with van der Waals surface area (Å²) in [5, 5.41) is 2.82. The number of ketones is 1. The lowest BCUT2D eigenvalue weighted by atomic mass is 10.0. The zero-order valence-corrected chi connectivity index (χ0v) is 17.2. The van der Waals surface area contributed by atoms with Gasteiger partial charge in [-0.05, 0) is 57.9 Å². The summed E-state index contributed by atoms with van der Waals surface area (Å²) < 4.78 is 5.18. The van der Waals surface area contributed by atoms with E-state index in [0.717, 1.165) is 27.3 Å². The molecule has 0 saturated carbocycles. The van der Waals surface area contributed by atoms with Crippen LogP contribution in [0, 0.1) is 27.7 Å². The number of nitrogens with one attached hydrogen (secondary N) is 1. The first-order valence-corrected chi connectivity index (χ1v) is 9.67. The van der Waals surface area contributed by atoms with Crippen molar-refractivity contribution in [1.29, 1.82) is 0 Å². The number of thiophene rings is 1. The second-order valence-corrected chi connectivity index (χ2v) is 8.02. The maximum atomic E-state index is 12.3. The van der Waals surface area contributed by atoms with Gasteiger partial charge in [-0.1, -0.05) is 17.7 Å². The predicted molar refractivity (Wildman–Crippen MR) is 107 cm³/mol. The fraction of sp³-hybridized carbons (Fsp3) is 0.381. The Balaban J connectivity index is 1.86. The van der Waals surface area contributed by atoms with Crippen molar-refractivity contribution < 1.29 is 19.1 Å². The number of aryl methyl sites for hydroxylation is 4. The lowest BCUT2D eigenvalue weighted by molar-refractivity contribution is -0.153. The number of carbonyl (C=O) groups excluding carboxylic acids is 3. The molecule has 1 amide bonds. The number of benzene rings is 1. The van der Waals surface area contributed by atoms with Gasteiger partial charge in [0.05, 0.1) is 11.3 Å². The van der Waals surface area contributed by atoms with Gasteiger partial charge in [0.2, 0.25) is 0 Å². The second-order valence-electron chi connectivity index (χ2n) is 6.73. The van der Waals surface area contributed by atoms with Crippen LogP contribution < -0.4 is 5.32 Å². The highest BCUT2D eigenvalue weighted by molar-refractivity contribution is 7.14. The van der Waals surface area contributed by atoms with Crippen LogP contribution in [0.1, 0.15) is 51.0 Å². The molecule has 0 fully saturated rings. The number of carbonyl (C=O) groups is 3. The third kappa shape index (κ3) is 5.76. The molecule has 0 aliphatic carbocycles. The Bertz CT molecular complexity index is 846. The summed E-state index contributed by atoms with van der Waals surface area (Å²) in [4.78, 5) is 38.1. The molecule has 1 aromatic heterocycles. The quantitative estimate of drug-likeness (QED) is 0.560. The van der Waals surface area contributed by atoms with Crippen LogP contribution >= 0.6 is 11.3 Å². The molecule has 0 saturated heterocycles. The molecular weight excluding hydrogens is 362 g/mol. The van der Waals surface area contributed by atoms with Crippen LogP contribution in [0.3, 0.4) is 0 Å². The molecule has 1 atom stereocenters. The van der Waals surface area contributed by atoms with E-state index >= 15 is 0 Å². The van der Waals surface area contributed by atoms with Crippen LogP contribution in [0.15, 0.2) is 24.3 Å². The molecule has 1 N–H and O–H groups in total. The molecule has 0 aliphatic rings. The van der Waals surface area contributed by atoms with Crippen LogP contribution in [0.25, 0.3) is 0 Å². The van der Waals surface area contributed by atoms with E-state index in [2.05, 4.69) is 5.32 Å². The average molecular weight is 388 g/mol. The number of amides is 1. The molecular formula is C21H25NO4S. The Kier molecular flexibility index (Phi) is 6.91. The van der Waals surface area contributed by atoms with Crippen LogP contribution in [-0.2, 0) is 14.3 Å². The van der Waals surface area contributed by atoms with Crippen LogP contribution in [0.2, 0.25) is 0 Å². The first-order chi connectivity index (χ1) is 12.7. The Morgan fingerprint density at radius 3 is 2.22 bits per heavy atom. The van der Waals surface area contributed by atoms with Crippen molar-refractivity contribution in [2.75, 3.05) is 5.32 Å². The number of hydrogen-bond donors (Lipinski definition) is 1. The lowest BCUT2D eigenvalue weighted by Gasteiger charge is -2.16. The van der Waals surface area contributed by atoms with Gasteiger partial charge < -0.3 is 10.1 Å². The maximum absolute atomic E-state index is 12.3. The van der Waals surface area contributed by atoms with Gasteiger partial charge in [0.15, 0.2) is 11.9 Å². The highest BCUT2D eigenvalue weighted by Crippen LogP contribution is 2.22. The van der Waals surface area contributed by atoms with Gasteiger partial charge in [-0.2, -0.15) is 0 Å². The fourth-order valence-electron chi connectivity index (χ4n) is 2.83. The number of anilines is 1. The smallest absolute Gasteiger partial charge is 0.307 e. The van der Waals surface area contributed by atoms with Gasteiger partial charge in [0.25, 0.3) is 5.91 Å². The number of hydrogen-bond acceptors (Lipinski definition) is 5. The molecule has 27 heavy (non-hydrogen) atoms. The van der Waals surface area contributed by atoms with Crippen molar-refractivity contribution in [3.8, 4) is 0 Å². The van der Waals surface area contributed by atoms with Gasteiger partial charge in [0, 0.05) is 17.0 Å². The van der Waals surface area contributed by atoms with E-state index < -0.39 is 18.0 Å². The van der Waals surface area contributed by atoms with Crippen LogP contribution in [-0.4, -0.2) is 23.8 Å². The number of rotatable bonds is 7. The number of ether oxygens (including phenoxy) is 1. The van der Waals surface area contributed by atoms with Crippen molar-refractivity contribution in [3.05, 3.63) is 50.7 Å². The highest BCUT2D eigenvalue weighted by atomic mass is 32.1. The molecule has 0 spiro atoms. The Hall–Kier alpha value is -2.47. The first-order valence-electron chi connectivity index (χ1n) is 8.85. The van der Waals surface area contributed by atoms with Crippen molar-refractivity contribution >= 4 is 34.7 Å². The van der Waals surface area contributed by atoms with Gasteiger partial charge in [-0.3, -0.25) is 14.4 Å². The van der Waals surface area contributed by atoms with Gasteiger partial charge in [-0.15, -0.1) is 11.3 Å². The number of Topliss-reactive ketones (excluding diaryl/α,β-unsaturated/α-hetero) is 1. The van der Waals surface area contributed by atoms with Crippen molar-refractivity contribution in [2.45, 2.75) is 53.6 Å². The average Bonchev–Trinajstić information content (AvgIpc) is 3.02. The molecule has 6 heteroatoms. The Morgan fingerprint density at radius 2 is 1.67 bits per heavy atom. The summed E-state index contributed by atoms with van der Waals surface area (Å²) in [6.07, 6.45) is -0.907. The van der Waals surface area contributed by atoms with E-state index in [1.54, 1.807) is 6.07 Å². The summed E-state index contributed by atoms with van der Waals surface area (Å²) in [7, 11) is 0. The topological polar surface area (TPSA) is 72.5 Å². The summed E-state index contributed by atoms with van der Waals surface area (Å²) in [6.45, 7) is 9.28. The summed E-state index contributed by atoms with van der Waals surface area (Å²) in [6, 6.07) is 7.60. The normalized spacial score (nSPS) is 11.7. The van der Waals surface area contributed by atoms with Crippen molar-refractivity contribution in [1.82, 2.24) is 0 Å². The summed E-state index contributed by atoms with van der Waals surface area (Å²) in [5.74, 6) is -1.04. The van der Waals surface area contributed by atoms with Crippen LogP contribution in [0.4, 0.5) is 5.69 Å². The van der Waals surface area contributed by atoms with E-state index in [9.17, 15) is 14.4 Å². The Morgan fingerprint density at radius 1 is 1.04 bits per heavy atom. The van der Waals surface area contributed by atoms with E-state index in [0.29, 0.717) is 4.88 Å². The zero-order chi connectivity index (χ0) is 20.1. The lowest BCUT2D eigenvalue weighted by Crippen LogP contribution is -2.30. The molecule has 0 unspecified atom stereocenters. The monoisotopic (exact) mass is 387 g/mol. The van der Waals surface area contributed by atoms with Gasteiger partial charge in [0.1, 0.15) is 0 Å². The minimum absolute atomic E-state index is 0.0456. The molecule has 1 heterocycles. The minimum atomic E-state index is -0.934. The molecule has 2 rings (SSSR count). The fourth-order valence-corrected chi connectivity index (χ4v) is 3.67. The van der Waals surface area contributed by atoms with Gasteiger partial charge >= 0.3 is 5.97 Å². The third-order valence-corrected chi connectivity index (χ3v) is 5.22. The van der Waals surface area contributed by atoms with Crippen molar-refractivity contribution in [3.63, 3.8) is 0 Å². The summed E-state index contributed by atoms with van der Waals surface area (Å²) >= 11 is 1.41. The molecule has 2 aromatic rings. The number of esters is 1. The van der Waals surface area contributed by atoms with Crippen molar-refractivity contribution in [2.24, 2.45) is 0 Å². The zero-order valence-electron chi connectivity index (χ0n) is 16.3. The van der Waals surface area contributed by atoms with Crippen LogP contribution in [0.5, 0.6) is 0 Å². The molecule has 0 aliphatic heterocycles. The molecule has 0 radical (unpaired) electrons. The third-order valence-electron chi connectivity index (χ3n) is 4.17. The predicted octanol–water partition coefficient (Wildman–Crippen LogP) is 4.52. The molecule has 1 aromatic carbocycles.